The molecule has 138 valence electrons. The second-order valence-electron chi connectivity index (χ2n) is 7.07. The summed E-state index contributed by atoms with van der Waals surface area (Å²) in [4.78, 5) is 15.4. The highest BCUT2D eigenvalue weighted by Crippen LogP contribution is 2.38. The molecule has 0 bridgehead atoms. The van der Waals surface area contributed by atoms with Crippen molar-refractivity contribution in [3.05, 3.63) is 40.7 Å². The summed E-state index contributed by atoms with van der Waals surface area (Å²) in [7, 11) is 0. The standard InChI is InChI=1S/C19H23ClN4O2/c1-2-16-17(21-22-24(16)15-7-5-6-14(20)12-15)18(25)23-10-11-26-13-19(23)8-3-4-9-19/h5-7,12H,2-4,8-11,13H2,1H3. The lowest BCUT2D eigenvalue weighted by molar-refractivity contribution is -0.0504. The van der Waals surface area contributed by atoms with Crippen molar-refractivity contribution in [1.29, 1.82) is 0 Å². The highest BCUT2D eigenvalue weighted by molar-refractivity contribution is 6.30. The summed E-state index contributed by atoms with van der Waals surface area (Å²) in [6, 6.07) is 7.44. The van der Waals surface area contributed by atoms with Crippen LogP contribution in [0, 0.1) is 0 Å². The summed E-state index contributed by atoms with van der Waals surface area (Å²) >= 11 is 6.11. The van der Waals surface area contributed by atoms with Gasteiger partial charge in [-0.1, -0.05) is 42.6 Å². The predicted molar refractivity (Wildman–Crippen MR) is 98.8 cm³/mol. The number of benzene rings is 1. The largest absolute Gasteiger partial charge is 0.377 e. The lowest BCUT2D eigenvalue weighted by Crippen LogP contribution is -2.57. The molecule has 1 amide bonds. The summed E-state index contributed by atoms with van der Waals surface area (Å²) in [6.45, 7) is 3.84. The molecule has 0 radical (unpaired) electrons. The van der Waals surface area contributed by atoms with E-state index < -0.39 is 0 Å². The minimum atomic E-state index is -0.166. The summed E-state index contributed by atoms with van der Waals surface area (Å²) in [5.74, 6) is -0.0275. The molecule has 6 nitrogen and oxygen atoms in total. The van der Waals surface area contributed by atoms with Gasteiger partial charge in [-0.05, 0) is 37.5 Å². The number of carbonyl (C=O) groups is 1. The molecule has 7 heteroatoms. The fraction of sp³-hybridized carbons (Fsp3) is 0.526. The molecule has 0 N–H and O–H groups in total. The van der Waals surface area contributed by atoms with Gasteiger partial charge in [0.15, 0.2) is 5.69 Å². The van der Waals surface area contributed by atoms with E-state index in [0.717, 1.165) is 37.1 Å². The van der Waals surface area contributed by atoms with Crippen molar-refractivity contribution < 1.29 is 9.53 Å². The van der Waals surface area contributed by atoms with E-state index in [1.807, 2.05) is 36.1 Å². The Kier molecular flexibility index (Phi) is 4.71. The number of rotatable bonds is 3. The minimum Gasteiger partial charge on any atom is -0.377 e. The van der Waals surface area contributed by atoms with Crippen LogP contribution < -0.4 is 0 Å². The van der Waals surface area contributed by atoms with Crippen LogP contribution in [0.2, 0.25) is 5.02 Å². The van der Waals surface area contributed by atoms with Gasteiger partial charge in [-0.15, -0.1) is 5.10 Å². The SMILES string of the molecule is CCc1c(C(=O)N2CCOCC23CCCC3)nnn1-c1cccc(Cl)c1. The zero-order valence-corrected chi connectivity index (χ0v) is 15.7. The van der Waals surface area contributed by atoms with E-state index in [2.05, 4.69) is 10.3 Å². The number of halogens is 1. The molecular weight excluding hydrogens is 352 g/mol. The van der Waals surface area contributed by atoms with Crippen molar-refractivity contribution >= 4 is 17.5 Å². The molecule has 2 fully saturated rings. The first-order valence-electron chi connectivity index (χ1n) is 9.25. The second-order valence-corrected chi connectivity index (χ2v) is 7.51. The van der Waals surface area contributed by atoms with Gasteiger partial charge < -0.3 is 9.64 Å². The smallest absolute Gasteiger partial charge is 0.276 e. The van der Waals surface area contributed by atoms with Gasteiger partial charge in [0.05, 0.1) is 30.1 Å². The van der Waals surface area contributed by atoms with Crippen molar-refractivity contribution in [3.63, 3.8) is 0 Å². The molecule has 0 unspecified atom stereocenters. The molecule has 1 aliphatic heterocycles. The van der Waals surface area contributed by atoms with Gasteiger partial charge in [0, 0.05) is 11.6 Å². The molecule has 2 heterocycles. The first kappa shape index (κ1) is 17.5. The predicted octanol–water partition coefficient (Wildman–Crippen LogP) is 3.27. The molecular formula is C19H23ClN4O2. The number of amides is 1. The van der Waals surface area contributed by atoms with Crippen LogP contribution in [0.15, 0.2) is 24.3 Å². The number of hydrogen-bond donors (Lipinski definition) is 0. The summed E-state index contributed by atoms with van der Waals surface area (Å²) < 4.78 is 7.44. The van der Waals surface area contributed by atoms with E-state index >= 15 is 0 Å². The van der Waals surface area contributed by atoms with Gasteiger partial charge in [0.25, 0.3) is 5.91 Å². The van der Waals surface area contributed by atoms with Crippen molar-refractivity contribution in [1.82, 2.24) is 19.9 Å². The average Bonchev–Trinajstić information content (AvgIpc) is 3.29. The van der Waals surface area contributed by atoms with Gasteiger partial charge in [-0.25, -0.2) is 4.68 Å². The Morgan fingerprint density at radius 1 is 1.35 bits per heavy atom. The van der Waals surface area contributed by atoms with E-state index in [-0.39, 0.29) is 11.4 Å². The van der Waals surface area contributed by atoms with Crippen molar-refractivity contribution in [2.45, 2.75) is 44.6 Å². The minimum absolute atomic E-state index is 0.0275. The molecule has 1 saturated heterocycles. The average molecular weight is 375 g/mol. The van der Waals surface area contributed by atoms with Crippen molar-refractivity contribution in [2.75, 3.05) is 19.8 Å². The maximum Gasteiger partial charge on any atom is 0.276 e. The monoisotopic (exact) mass is 374 g/mol. The highest BCUT2D eigenvalue weighted by Gasteiger charge is 2.45. The Morgan fingerprint density at radius 2 is 2.15 bits per heavy atom. The zero-order chi connectivity index (χ0) is 18.1. The third-order valence-corrected chi connectivity index (χ3v) is 5.77. The number of morpholine rings is 1. The summed E-state index contributed by atoms with van der Waals surface area (Å²) in [5.41, 5.74) is 1.91. The Hall–Kier alpha value is -1.92. The van der Waals surface area contributed by atoms with Gasteiger partial charge in [0.2, 0.25) is 0 Å². The quantitative estimate of drug-likeness (QED) is 0.827. The molecule has 26 heavy (non-hydrogen) atoms. The molecule has 0 atom stereocenters. The molecule has 2 aliphatic rings. The Labute approximate surface area is 158 Å². The van der Waals surface area contributed by atoms with Gasteiger partial charge in [-0.3, -0.25) is 4.79 Å². The van der Waals surface area contributed by atoms with Crippen LogP contribution in [0.1, 0.15) is 48.8 Å². The molecule has 1 aliphatic carbocycles. The number of hydrogen-bond acceptors (Lipinski definition) is 4. The fourth-order valence-corrected chi connectivity index (χ4v) is 4.41. The zero-order valence-electron chi connectivity index (χ0n) is 14.9. The summed E-state index contributed by atoms with van der Waals surface area (Å²) in [5, 5.41) is 9.15. The van der Waals surface area contributed by atoms with Gasteiger partial charge >= 0.3 is 0 Å². The van der Waals surface area contributed by atoms with Crippen molar-refractivity contribution in [2.24, 2.45) is 0 Å². The second kappa shape index (κ2) is 7.00. The molecule has 1 aromatic heterocycles. The maximum absolute atomic E-state index is 13.4. The van der Waals surface area contributed by atoms with Crippen LogP contribution in [0.4, 0.5) is 0 Å². The van der Waals surface area contributed by atoms with Crippen LogP contribution in [0.5, 0.6) is 0 Å². The first-order chi connectivity index (χ1) is 12.6. The van der Waals surface area contributed by atoms with Crippen molar-refractivity contribution in [3.8, 4) is 5.69 Å². The Morgan fingerprint density at radius 3 is 2.88 bits per heavy atom. The van der Waals surface area contributed by atoms with E-state index in [1.54, 1.807) is 4.68 Å². The van der Waals surface area contributed by atoms with Crippen LogP contribution >= 0.6 is 11.6 Å². The molecule has 1 saturated carbocycles. The number of aromatic nitrogens is 3. The highest BCUT2D eigenvalue weighted by atomic mass is 35.5. The number of carbonyl (C=O) groups excluding carboxylic acids is 1. The Bertz CT molecular complexity index is 814. The Balaban J connectivity index is 1.70. The maximum atomic E-state index is 13.4. The molecule has 1 spiro atoms. The number of nitrogens with zero attached hydrogens (tertiary/aromatic N) is 4. The molecule has 2 aromatic rings. The van der Waals surface area contributed by atoms with E-state index in [9.17, 15) is 4.79 Å². The van der Waals surface area contributed by atoms with E-state index in [1.165, 1.54) is 0 Å². The molecule has 1 aromatic carbocycles. The normalized spacial score (nSPS) is 19.2. The first-order valence-corrected chi connectivity index (χ1v) is 9.63. The van der Waals surface area contributed by atoms with Crippen LogP contribution in [0.3, 0.4) is 0 Å². The summed E-state index contributed by atoms with van der Waals surface area (Å²) in [6.07, 6.45) is 4.95. The lowest BCUT2D eigenvalue weighted by atomic mass is 9.94. The van der Waals surface area contributed by atoms with Gasteiger partial charge in [0.1, 0.15) is 0 Å². The van der Waals surface area contributed by atoms with Crippen LogP contribution in [-0.4, -0.2) is 51.1 Å². The fourth-order valence-electron chi connectivity index (χ4n) is 4.23. The third-order valence-electron chi connectivity index (χ3n) is 5.54. The third kappa shape index (κ3) is 2.91. The lowest BCUT2D eigenvalue weighted by Gasteiger charge is -2.44. The topological polar surface area (TPSA) is 60.3 Å². The van der Waals surface area contributed by atoms with E-state index in [4.69, 9.17) is 16.3 Å². The van der Waals surface area contributed by atoms with E-state index in [0.29, 0.717) is 36.9 Å². The number of ether oxygens (including phenoxy) is 1. The van der Waals surface area contributed by atoms with Crippen LogP contribution in [-0.2, 0) is 11.2 Å². The van der Waals surface area contributed by atoms with Gasteiger partial charge in [-0.2, -0.15) is 0 Å². The molecule has 4 rings (SSSR count). The van der Waals surface area contributed by atoms with Crippen LogP contribution in [0.25, 0.3) is 5.69 Å².